The van der Waals surface area contributed by atoms with Gasteiger partial charge in [0, 0.05) is 12.2 Å². The maximum atomic E-state index is 12.0. The van der Waals surface area contributed by atoms with Gasteiger partial charge in [-0.15, -0.1) is 0 Å². The van der Waals surface area contributed by atoms with E-state index in [2.05, 4.69) is 22.0 Å². The fourth-order valence-electron chi connectivity index (χ4n) is 2.36. The Balaban J connectivity index is 1.74. The van der Waals surface area contributed by atoms with Crippen LogP contribution in [0.25, 0.3) is 0 Å². The average Bonchev–Trinajstić information content (AvgIpc) is 2.45. The predicted octanol–water partition coefficient (Wildman–Crippen LogP) is 3.38. The molecule has 0 saturated carbocycles. The van der Waals surface area contributed by atoms with Gasteiger partial charge in [0.05, 0.1) is 0 Å². The van der Waals surface area contributed by atoms with Crippen LogP contribution in [0.1, 0.15) is 12.8 Å². The van der Waals surface area contributed by atoms with Gasteiger partial charge in [-0.3, -0.25) is 0 Å². The van der Waals surface area contributed by atoms with E-state index in [9.17, 15) is 13.2 Å². The predicted molar refractivity (Wildman–Crippen MR) is 76.7 cm³/mol. The van der Waals surface area contributed by atoms with E-state index in [0.29, 0.717) is 5.92 Å². The average molecular weight is 302 g/mol. The van der Waals surface area contributed by atoms with E-state index in [1.807, 2.05) is 0 Å². The number of anilines is 1. The molecule has 0 aromatic heterocycles. The molecule has 1 aliphatic rings. The first-order valence-electron chi connectivity index (χ1n) is 7.14. The first kappa shape index (κ1) is 15.9. The second-order valence-electron chi connectivity index (χ2n) is 5.56. The SMILES string of the molecule is CN1CCC(CNc2ccc(OCC(F)(F)F)cc2)CC1. The second kappa shape index (κ2) is 7.02. The first-order chi connectivity index (χ1) is 9.92. The highest BCUT2D eigenvalue weighted by atomic mass is 19.4. The monoisotopic (exact) mass is 302 g/mol. The Kier molecular flexibility index (Phi) is 5.33. The normalized spacial score (nSPS) is 17.7. The highest BCUT2D eigenvalue weighted by molar-refractivity contribution is 5.46. The molecule has 1 aliphatic heterocycles. The Bertz CT molecular complexity index is 426. The number of likely N-dealkylation sites (tertiary alicyclic amines) is 1. The number of ether oxygens (including phenoxy) is 1. The molecule has 1 saturated heterocycles. The lowest BCUT2D eigenvalue weighted by molar-refractivity contribution is -0.153. The van der Waals surface area contributed by atoms with Crippen LogP contribution in [0.15, 0.2) is 24.3 Å². The largest absolute Gasteiger partial charge is 0.484 e. The Labute approximate surface area is 123 Å². The molecule has 1 aromatic rings. The van der Waals surface area contributed by atoms with Gasteiger partial charge in [-0.25, -0.2) is 0 Å². The lowest BCUT2D eigenvalue weighted by atomic mass is 9.97. The number of alkyl halides is 3. The Hall–Kier alpha value is -1.43. The van der Waals surface area contributed by atoms with Crippen molar-refractivity contribution in [1.82, 2.24) is 4.90 Å². The van der Waals surface area contributed by atoms with Gasteiger partial charge >= 0.3 is 6.18 Å². The van der Waals surface area contributed by atoms with Crippen molar-refractivity contribution in [3.05, 3.63) is 24.3 Å². The number of rotatable bonds is 5. The lowest BCUT2D eigenvalue weighted by Crippen LogP contribution is -2.32. The van der Waals surface area contributed by atoms with Crippen molar-refractivity contribution < 1.29 is 17.9 Å². The topological polar surface area (TPSA) is 24.5 Å². The van der Waals surface area contributed by atoms with E-state index >= 15 is 0 Å². The molecule has 0 bridgehead atoms. The van der Waals surface area contributed by atoms with E-state index in [-0.39, 0.29) is 5.75 Å². The molecular formula is C15H21F3N2O. The van der Waals surface area contributed by atoms with E-state index < -0.39 is 12.8 Å². The summed E-state index contributed by atoms with van der Waals surface area (Å²) in [6.45, 7) is 1.89. The molecular weight excluding hydrogens is 281 g/mol. The van der Waals surface area contributed by atoms with Crippen LogP contribution in [0.3, 0.4) is 0 Å². The number of halogens is 3. The molecule has 1 heterocycles. The molecule has 2 rings (SSSR count). The van der Waals surface area contributed by atoms with Crippen LogP contribution in [-0.2, 0) is 0 Å². The molecule has 0 amide bonds. The number of hydrogen-bond donors (Lipinski definition) is 1. The van der Waals surface area contributed by atoms with Crippen molar-refractivity contribution in [1.29, 1.82) is 0 Å². The minimum atomic E-state index is -4.30. The minimum Gasteiger partial charge on any atom is -0.484 e. The first-order valence-corrected chi connectivity index (χ1v) is 7.14. The molecule has 0 aliphatic carbocycles. The van der Waals surface area contributed by atoms with Gasteiger partial charge < -0.3 is 15.0 Å². The summed E-state index contributed by atoms with van der Waals surface area (Å²) in [5.41, 5.74) is 0.910. The zero-order valence-electron chi connectivity index (χ0n) is 12.1. The van der Waals surface area contributed by atoms with E-state index in [1.54, 1.807) is 24.3 Å². The molecule has 1 aromatic carbocycles. The van der Waals surface area contributed by atoms with Gasteiger partial charge in [0.1, 0.15) is 5.75 Å². The van der Waals surface area contributed by atoms with Crippen molar-refractivity contribution in [2.45, 2.75) is 19.0 Å². The van der Waals surface area contributed by atoms with Gasteiger partial charge in [-0.1, -0.05) is 0 Å². The van der Waals surface area contributed by atoms with Crippen LogP contribution in [0.5, 0.6) is 5.75 Å². The van der Waals surface area contributed by atoms with Crippen LogP contribution in [-0.4, -0.2) is 44.4 Å². The van der Waals surface area contributed by atoms with Crippen molar-refractivity contribution in [2.24, 2.45) is 5.92 Å². The third kappa shape index (κ3) is 5.83. The zero-order chi connectivity index (χ0) is 15.3. The molecule has 0 spiro atoms. The highest BCUT2D eigenvalue weighted by Gasteiger charge is 2.28. The minimum absolute atomic E-state index is 0.233. The van der Waals surface area contributed by atoms with Gasteiger partial charge in [0.2, 0.25) is 0 Å². The van der Waals surface area contributed by atoms with Gasteiger partial charge in [0.25, 0.3) is 0 Å². The molecule has 118 valence electrons. The van der Waals surface area contributed by atoms with Crippen LogP contribution < -0.4 is 10.1 Å². The van der Waals surface area contributed by atoms with Gasteiger partial charge in [-0.2, -0.15) is 13.2 Å². The summed E-state index contributed by atoms with van der Waals surface area (Å²) in [5, 5.41) is 3.33. The smallest absolute Gasteiger partial charge is 0.422 e. The molecule has 6 heteroatoms. The molecule has 0 unspecified atom stereocenters. The van der Waals surface area contributed by atoms with Gasteiger partial charge in [-0.05, 0) is 63.2 Å². The van der Waals surface area contributed by atoms with Crippen molar-refractivity contribution in [2.75, 3.05) is 38.6 Å². The molecule has 1 fully saturated rings. The number of hydrogen-bond acceptors (Lipinski definition) is 3. The van der Waals surface area contributed by atoms with Crippen LogP contribution >= 0.6 is 0 Å². The van der Waals surface area contributed by atoms with Crippen LogP contribution in [0.4, 0.5) is 18.9 Å². The van der Waals surface area contributed by atoms with Crippen LogP contribution in [0, 0.1) is 5.92 Å². The van der Waals surface area contributed by atoms with E-state index in [1.165, 1.54) is 12.8 Å². The Morgan fingerprint density at radius 1 is 1.19 bits per heavy atom. The number of piperidine rings is 1. The molecule has 0 atom stereocenters. The lowest BCUT2D eigenvalue weighted by Gasteiger charge is -2.29. The highest BCUT2D eigenvalue weighted by Crippen LogP contribution is 2.21. The summed E-state index contributed by atoms with van der Waals surface area (Å²) in [6, 6.07) is 6.62. The van der Waals surface area contributed by atoms with Crippen molar-refractivity contribution in [3.8, 4) is 5.75 Å². The van der Waals surface area contributed by atoms with E-state index in [0.717, 1.165) is 25.3 Å². The van der Waals surface area contributed by atoms with E-state index in [4.69, 9.17) is 0 Å². The zero-order valence-corrected chi connectivity index (χ0v) is 12.1. The standard InChI is InChI=1S/C15H21F3N2O/c1-20-8-6-12(7-9-20)10-19-13-2-4-14(5-3-13)21-11-15(16,17)18/h2-5,12,19H,6-11H2,1H3. The summed E-state index contributed by atoms with van der Waals surface area (Å²) in [5.74, 6) is 0.888. The Morgan fingerprint density at radius 2 is 1.81 bits per heavy atom. The van der Waals surface area contributed by atoms with Crippen LogP contribution in [0.2, 0.25) is 0 Å². The fraction of sp³-hybridized carbons (Fsp3) is 0.600. The number of benzene rings is 1. The molecule has 1 N–H and O–H groups in total. The maximum Gasteiger partial charge on any atom is 0.422 e. The quantitative estimate of drug-likeness (QED) is 0.902. The fourth-order valence-corrected chi connectivity index (χ4v) is 2.36. The molecule has 21 heavy (non-hydrogen) atoms. The second-order valence-corrected chi connectivity index (χ2v) is 5.56. The molecule has 3 nitrogen and oxygen atoms in total. The van der Waals surface area contributed by atoms with Crippen molar-refractivity contribution >= 4 is 5.69 Å². The summed E-state index contributed by atoms with van der Waals surface area (Å²) >= 11 is 0. The summed E-state index contributed by atoms with van der Waals surface area (Å²) < 4.78 is 40.8. The Morgan fingerprint density at radius 3 is 2.38 bits per heavy atom. The third-order valence-electron chi connectivity index (χ3n) is 3.69. The summed E-state index contributed by atoms with van der Waals surface area (Å²) in [6.07, 6.45) is -1.95. The van der Waals surface area contributed by atoms with Gasteiger partial charge in [0.15, 0.2) is 6.61 Å². The summed E-state index contributed by atoms with van der Waals surface area (Å²) in [4.78, 5) is 2.32. The summed E-state index contributed by atoms with van der Waals surface area (Å²) in [7, 11) is 2.13. The number of nitrogens with one attached hydrogen (secondary N) is 1. The third-order valence-corrected chi connectivity index (χ3v) is 3.69. The van der Waals surface area contributed by atoms with Crippen molar-refractivity contribution in [3.63, 3.8) is 0 Å². The maximum absolute atomic E-state index is 12.0. The molecule has 0 radical (unpaired) electrons. The number of nitrogens with zero attached hydrogens (tertiary/aromatic N) is 1.